The van der Waals surface area contributed by atoms with E-state index in [1.165, 1.54) is 16.3 Å². The smallest absolute Gasteiger partial charge is 0.0991 e. The van der Waals surface area contributed by atoms with E-state index in [0.717, 1.165) is 17.4 Å². The van der Waals surface area contributed by atoms with Crippen molar-refractivity contribution in [2.24, 2.45) is 0 Å². The number of rotatable bonds is 5. The molecule has 0 aliphatic heterocycles. The normalized spacial score (nSPS) is 10.8. The molecule has 0 spiro atoms. The van der Waals surface area contributed by atoms with Crippen molar-refractivity contribution in [2.75, 3.05) is 13.3 Å². The molecular weight excluding hydrogens is 310 g/mol. The summed E-state index contributed by atoms with van der Waals surface area (Å²) in [5, 5.41) is 10.3. The fourth-order valence-electron chi connectivity index (χ4n) is 2.68. The van der Waals surface area contributed by atoms with Gasteiger partial charge in [-0.15, -0.1) is 0 Å². The highest BCUT2D eigenvalue weighted by molar-refractivity contribution is 6.53. The van der Waals surface area contributed by atoms with Crippen LogP contribution in [0.3, 0.4) is 0 Å². The number of methoxy groups -OCH3 is 1. The van der Waals surface area contributed by atoms with Gasteiger partial charge in [-0.1, -0.05) is 65.9 Å². The lowest BCUT2D eigenvalue weighted by atomic mass is 10.00. The van der Waals surface area contributed by atoms with Crippen LogP contribution < -0.4 is 5.19 Å². The molecular formula is C21H19NOSi. The molecule has 0 N–H and O–H groups in total. The van der Waals surface area contributed by atoms with Crippen molar-refractivity contribution in [1.29, 1.82) is 5.26 Å². The fourth-order valence-corrected chi connectivity index (χ4v) is 3.68. The molecule has 0 fully saturated rings. The second kappa shape index (κ2) is 7.74. The van der Waals surface area contributed by atoms with Crippen LogP contribution in [-0.4, -0.2) is 22.9 Å². The summed E-state index contributed by atoms with van der Waals surface area (Å²) in [5.41, 5.74) is 5.42. The van der Waals surface area contributed by atoms with E-state index in [2.05, 4.69) is 54.6 Å². The summed E-state index contributed by atoms with van der Waals surface area (Å²) >= 11 is 0. The summed E-state index contributed by atoms with van der Waals surface area (Å²) in [5.74, 6) is 0. The van der Waals surface area contributed by atoms with Crippen molar-refractivity contribution >= 4 is 14.7 Å². The number of nitriles is 1. The second-order valence-corrected chi connectivity index (χ2v) is 7.43. The van der Waals surface area contributed by atoms with Gasteiger partial charge in [0.25, 0.3) is 0 Å². The Morgan fingerprint density at radius 3 is 1.58 bits per heavy atom. The number of hydrogen-bond acceptors (Lipinski definition) is 2. The third-order valence-electron chi connectivity index (χ3n) is 4.11. The van der Waals surface area contributed by atoms with Gasteiger partial charge in [0.15, 0.2) is 0 Å². The third kappa shape index (κ3) is 3.80. The summed E-state index contributed by atoms with van der Waals surface area (Å²) in [6.07, 6.45) is 0.888. The van der Waals surface area contributed by atoms with E-state index < -0.39 is 0 Å². The fraction of sp³-hybridized carbons (Fsp3) is 0.0952. The van der Waals surface area contributed by atoms with E-state index in [1.807, 2.05) is 24.3 Å². The molecule has 0 heterocycles. The van der Waals surface area contributed by atoms with E-state index in [1.54, 1.807) is 7.11 Å². The van der Waals surface area contributed by atoms with Crippen LogP contribution in [-0.2, 0) is 4.74 Å². The lowest BCUT2D eigenvalue weighted by Crippen LogP contribution is -2.18. The Morgan fingerprint density at radius 2 is 1.17 bits per heavy atom. The highest BCUT2D eigenvalue weighted by atomic mass is 28.2. The van der Waals surface area contributed by atoms with Gasteiger partial charge < -0.3 is 4.74 Å². The average Bonchev–Trinajstić information content (AvgIpc) is 2.67. The number of nitrogens with zero attached hydrogens (tertiary/aromatic N) is 1. The van der Waals surface area contributed by atoms with Gasteiger partial charge in [-0.25, -0.2) is 0 Å². The first-order chi connectivity index (χ1) is 11.8. The lowest BCUT2D eigenvalue weighted by molar-refractivity contribution is 0.252. The second-order valence-electron chi connectivity index (χ2n) is 5.71. The first kappa shape index (κ1) is 16.2. The van der Waals surface area contributed by atoms with Crippen molar-refractivity contribution in [3.63, 3.8) is 0 Å². The molecule has 118 valence electrons. The van der Waals surface area contributed by atoms with Gasteiger partial charge in [0.2, 0.25) is 0 Å². The molecule has 0 aliphatic carbocycles. The molecule has 0 aromatic heterocycles. The summed E-state index contributed by atoms with van der Waals surface area (Å²) in [6.45, 7) is 0. The van der Waals surface area contributed by atoms with Crippen molar-refractivity contribution in [1.82, 2.24) is 0 Å². The molecule has 0 saturated carbocycles. The molecule has 3 aromatic rings. The van der Waals surface area contributed by atoms with Gasteiger partial charge >= 0.3 is 0 Å². The SMILES string of the molecule is COC[SiH2]c1ccc(-c2ccc(-c3ccc(C#N)cc3)cc2)cc1. The molecule has 0 amide bonds. The molecule has 3 rings (SSSR count). The highest BCUT2D eigenvalue weighted by Gasteiger charge is 2.02. The van der Waals surface area contributed by atoms with E-state index >= 15 is 0 Å². The Labute approximate surface area is 145 Å². The van der Waals surface area contributed by atoms with Crippen LogP contribution in [0.1, 0.15) is 5.56 Å². The van der Waals surface area contributed by atoms with E-state index in [0.29, 0.717) is 5.56 Å². The third-order valence-corrected chi connectivity index (χ3v) is 5.78. The molecule has 0 radical (unpaired) electrons. The summed E-state index contributed by atoms with van der Waals surface area (Å²) < 4.78 is 5.17. The average molecular weight is 329 g/mol. The molecule has 0 saturated heterocycles. The maximum Gasteiger partial charge on any atom is 0.0991 e. The molecule has 0 atom stereocenters. The number of ether oxygens (including phenoxy) is 1. The molecule has 3 aromatic carbocycles. The molecule has 24 heavy (non-hydrogen) atoms. The predicted octanol–water partition coefficient (Wildman–Crippen LogP) is 3.29. The molecule has 3 heteroatoms. The minimum absolute atomic E-state index is 0.299. The maximum absolute atomic E-state index is 8.87. The summed E-state index contributed by atoms with van der Waals surface area (Å²) in [7, 11) is 1.46. The lowest BCUT2D eigenvalue weighted by Gasteiger charge is -2.06. The van der Waals surface area contributed by atoms with Crippen molar-refractivity contribution < 1.29 is 4.74 Å². The Bertz CT molecular complexity index is 831. The minimum atomic E-state index is -0.299. The van der Waals surface area contributed by atoms with Gasteiger partial charge in [-0.2, -0.15) is 5.26 Å². The van der Waals surface area contributed by atoms with E-state index in [4.69, 9.17) is 10.00 Å². The van der Waals surface area contributed by atoms with E-state index in [-0.39, 0.29) is 9.52 Å². The quantitative estimate of drug-likeness (QED) is 0.673. The number of hydrogen-bond donors (Lipinski definition) is 0. The topological polar surface area (TPSA) is 33.0 Å². The summed E-state index contributed by atoms with van der Waals surface area (Å²) in [4.78, 5) is 0. The van der Waals surface area contributed by atoms with Crippen LogP contribution in [0.25, 0.3) is 22.3 Å². The van der Waals surface area contributed by atoms with Crippen LogP contribution >= 0.6 is 0 Å². The van der Waals surface area contributed by atoms with Crippen molar-refractivity contribution in [2.45, 2.75) is 0 Å². The van der Waals surface area contributed by atoms with Crippen LogP contribution in [0.2, 0.25) is 0 Å². The Kier molecular flexibility index (Phi) is 5.22. The molecule has 0 aliphatic rings. The molecule has 2 nitrogen and oxygen atoms in total. The van der Waals surface area contributed by atoms with Crippen LogP contribution in [0.15, 0.2) is 72.8 Å². The van der Waals surface area contributed by atoms with Gasteiger partial charge in [0.05, 0.1) is 21.2 Å². The molecule has 0 unspecified atom stereocenters. The predicted molar refractivity (Wildman–Crippen MR) is 102 cm³/mol. The summed E-state index contributed by atoms with van der Waals surface area (Å²) in [6, 6.07) is 27.2. The Morgan fingerprint density at radius 1 is 0.750 bits per heavy atom. The maximum atomic E-state index is 8.87. The monoisotopic (exact) mass is 329 g/mol. The van der Waals surface area contributed by atoms with Gasteiger partial charge in [-0.3, -0.25) is 0 Å². The largest absolute Gasteiger partial charge is 0.388 e. The van der Waals surface area contributed by atoms with Crippen molar-refractivity contribution in [3.05, 3.63) is 78.4 Å². The van der Waals surface area contributed by atoms with Gasteiger partial charge in [0, 0.05) is 13.3 Å². The zero-order valence-corrected chi connectivity index (χ0v) is 15.1. The Balaban J connectivity index is 1.77. The number of benzene rings is 3. The first-order valence-electron chi connectivity index (χ1n) is 7.99. The zero-order valence-electron chi connectivity index (χ0n) is 13.7. The first-order valence-corrected chi connectivity index (χ1v) is 9.70. The van der Waals surface area contributed by atoms with Gasteiger partial charge in [-0.05, 0) is 34.4 Å². The molecule has 0 bridgehead atoms. The standard InChI is InChI=1S/C21H19NOSi/c1-23-15-24-21-12-10-20(11-13-21)19-8-6-18(7-9-19)17-4-2-16(14-22)3-5-17/h2-13H,15,24H2,1H3. The Hall–Kier alpha value is -2.67. The minimum Gasteiger partial charge on any atom is -0.388 e. The van der Waals surface area contributed by atoms with Crippen LogP contribution in [0.5, 0.6) is 0 Å². The van der Waals surface area contributed by atoms with Crippen LogP contribution in [0.4, 0.5) is 0 Å². The van der Waals surface area contributed by atoms with Crippen LogP contribution in [0, 0.1) is 11.3 Å². The highest BCUT2D eigenvalue weighted by Crippen LogP contribution is 2.24. The zero-order chi connectivity index (χ0) is 16.8. The van der Waals surface area contributed by atoms with Crippen molar-refractivity contribution in [3.8, 4) is 28.3 Å². The van der Waals surface area contributed by atoms with E-state index in [9.17, 15) is 0 Å². The van der Waals surface area contributed by atoms with Gasteiger partial charge in [0.1, 0.15) is 0 Å².